The average Bonchev–Trinajstić information content (AvgIpc) is 3.01. The molecule has 3 aromatic rings. The highest BCUT2D eigenvalue weighted by Gasteiger charge is 2.36. The number of anilines is 2. The van der Waals surface area contributed by atoms with E-state index in [1.54, 1.807) is 24.3 Å². The van der Waals surface area contributed by atoms with Crippen LogP contribution in [-0.2, 0) is 4.79 Å². The molecule has 140 valence electrons. The number of amides is 1. The molecule has 0 radical (unpaired) electrons. The van der Waals surface area contributed by atoms with Gasteiger partial charge in [0.15, 0.2) is 0 Å². The Bertz CT molecular complexity index is 1050. The fourth-order valence-electron chi connectivity index (χ4n) is 3.17. The molecule has 0 bridgehead atoms. The molecule has 6 heteroatoms. The topological polar surface area (TPSA) is 32.3 Å². The molecular formula is C22H15F3N2O. The van der Waals surface area contributed by atoms with E-state index < -0.39 is 29.4 Å². The van der Waals surface area contributed by atoms with Crippen LogP contribution in [0.15, 0.2) is 84.6 Å². The van der Waals surface area contributed by atoms with Gasteiger partial charge in [-0.1, -0.05) is 18.2 Å². The summed E-state index contributed by atoms with van der Waals surface area (Å²) in [7, 11) is 0. The van der Waals surface area contributed by atoms with E-state index in [-0.39, 0.29) is 5.70 Å². The van der Waals surface area contributed by atoms with E-state index in [9.17, 15) is 18.0 Å². The van der Waals surface area contributed by atoms with Crippen LogP contribution < -0.4 is 10.2 Å². The molecule has 1 N–H and O–H groups in total. The van der Waals surface area contributed by atoms with E-state index in [0.29, 0.717) is 16.9 Å². The number of benzene rings is 3. The van der Waals surface area contributed by atoms with Gasteiger partial charge in [0.25, 0.3) is 5.91 Å². The summed E-state index contributed by atoms with van der Waals surface area (Å²) in [6.07, 6.45) is 1.60. The molecule has 1 amide bonds. The first-order valence-electron chi connectivity index (χ1n) is 8.61. The van der Waals surface area contributed by atoms with E-state index in [2.05, 4.69) is 5.32 Å². The van der Waals surface area contributed by atoms with Crippen molar-refractivity contribution >= 4 is 17.3 Å². The highest BCUT2D eigenvalue weighted by atomic mass is 19.1. The van der Waals surface area contributed by atoms with Gasteiger partial charge < -0.3 is 5.32 Å². The Balaban J connectivity index is 1.74. The Morgan fingerprint density at radius 1 is 0.786 bits per heavy atom. The molecule has 0 saturated carbocycles. The van der Waals surface area contributed by atoms with E-state index in [1.807, 2.05) is 0 Å². The molecule has 0 aromatic heterocycles. The Labute approximate surface area is 159 Å². The van der Waals surface area contributed by atoms with E-state index in [4.69, 9.17) is 0 Å². The zero-order valence-corrected chi connectivity index (χ0v) is 14.6. The molecule has 0 aliphatic carbocycles. The second-order valence-electron chi connectivity index (χ2n) is 6.33. The van der Waals surface area contributed by atoms with Gasteiger partial charge in [-0.2, -0.15) is 0 Å². The van der Waals surface area contributed by atoms with Crippen LogP contribution in [0.4, 0.5) is 24.5 Å². The Hall–Kier alpha value is -3.54. The van der Waals surface area contributed by atoms with Crippen LogP contribution in [0, 0.1) is 17.5 Å². The third kappa shape index (κ3) is 3.36. The molecule has 0 saturated heterocycles. The minimum Gasteiger partial charge on any atom is -0.351 e. The number of nitrogens with one attached hydrogen (secondary N) is 1. The number of carbonyl (C=O) groups excluding carboxylic acids is 1. The second-order valence-corrected chi connectivity index (χ2v) is 6.33. The van der Waals surface area contributed by atoms with E-state index in [1.165, 1.54) is 59.5 Å². The van der Waals surface area contributed by atoms with Crippen molar-refractivity contribution in [2.75, 3.05) is 10.2 Å². The Morgan fingerprint density at radius 2 is 1.39 bits per heavy atom. The summed E-state index contributed by atoms with van der Waals surface area (Å²) < 4.78 is 40.9. The van der Waals surface area contributed by atoms with Gasteiger partial charge in [0, 0.05) is 16.9 Å². The van der Waals surface area contributed by atoms with E-state index >= 15 is 0 Å². The van der Waals surface area contributed by atoms with Crippen LogP contribution in [0.5, 0.6) is 0 Å². The fourth-order valence-corrected chi connectivity index (χ4v) is 3.17. The Morgan fingerprint density at radius 3 is 2.04 bits per heavy atom. The summed E-state index contributed by atoms with van der Waals surface area (Å²) in [6, 6.07) is 16.4. The third-order valence-electron chi connectivity index (χ3n) is 4.50. The lowest BCUT2D eigenvalue weighted by Crippen LogP contribution is -2.31. The predicted molar refractivity (Wildman–Crippen MR) is 101 cm³/mol. The van der Waals surface area contributed by atoms with Crippen LogP contribution >= 0.6 is 0 Å². The molecule has 3 nitrogen and oxygen atoms in total. The van der Waals surface area contributed by atoms with Crippen molar-refractivity contribution in [1.29, 1.82) is 0 Å². The van der Waals surface area contributed by atoms with Crippen molar-refractivity contribution in [2.24, 2.45) is 0 Å². The van der Waals surface area contributed by atoms with Crippen LogP contribution in [0.2, 0.25) is 0 Å². The first kappa shape index (κ1) is 17.9. The van der Waals surface area contributed by atoms with Gasteiger partial charge in [-0.3, -0.25) is 9.69 Å². The van der Waals surface area contributed by atoms with E-state index in [0.717, 1.165) is 0 Å². The summed E-state index contributed by atoms with van der Waals surface area (Å²) in [5.41, 5.74) is 1.50. The van der Waals surface area contributed by atoms with Crippen molar-refractivity contribution in [2.45, 2.75) is 6.04 Å². The summed E-state index contributed by atoms with van der Waals surface area (Å²) in [5.74, 6) is -1.68. The monoisotopic (exact) mass is 380 g/mol. The van der Waals surface area contributed by atoms with Crippen molar-refractivity contribution < 1.29 is 18.0 Å². The van der Waals surface area contributed by atoms with Crippen molar-refractivity contribution in [3.05, 3.63) is 108 Å². The zero-order chi connectivity index (χ0) is 19.7. The highest BCUT2D eigenvalue weighted by molar-refractivity contribution is 6.11. The molecular weight excluding hydrogens is 365 g/mol. The predicted octanol–water partition coefficient (Wildman–Crippen LogP) is 5.19. The largest absolute Gasteiger partial charge is 0.351 e. The number of rotatable bonds is 4. The lowest BCUT2D eigenvalue weighted by molar-refractivity contribution is -0.114. The number of hydrogen-bond acceptors (Lipinski definition) is 2. The molecule has 0 spiro atoms. The summed E-state index contributed by atoms with van der Waals surface area (Å²) >= 11 is 0. The molecule has 1 aliphatic heterocycles. The normalized spacial score (nSPS) is 16.2. The standard InChI is InChI=1S/C22H15F3N2O/c23-14-5-9-16(10-6-14)26-20-13-21(18-3-1-2-4-19(18)25)27(22(20)28)17-11-7-15(24)8-12-17/h1-13,21,26H/t21-/m1/s1. The lowest BCUT2D eigenvalue weighted by Gasteiger charge is -2.25. The lowest BCUT2D eigenvalue weighted by atomic mass is 10.1. The minimum absolute atomic E-state index is 0.226. The molecule has 0 unspecified atom stereocenters. The van der Waals surface area contributed by atoms with Crippen molar-refractivity contribution in [1.82, 2.24) is 0 Å². The number of hydrogen-bond donors (Lipinski definition) is 1. The first-order valence-corrected chi connectivity index (χ1v) is 8.61. The number of carbonyl (C=O) groups is 1. The first-order chi connectivity index (χ1) is 13.5. The average molecular weight is 380 g/mol. The van der Waals surface area contributed by atoms with Gasteiger partial charge in [-0.15, -0.1) is 0 Å². The summed E-state index contributed by atoms with van der Waals surface area (Å²) in [6.45, 7) is 0. The number of halogens is 3. The molecule has 4 rings (SSSR count). The molecule has 1 aliphatic rings. The summed E-state index contributed by atoms with van der Waals surface area (Å²) in [4.78, 5) is 14.5. The van der Waals surface area contributed by atoms with Gasteiger partial charge in [0.05, 0.1) is 6.04 Å². The third-order valence-corrected chi connectivity index (χ3v) is 4.50. The van der Waals surface area contributed by atoms with Crippen LogP contribution in [-0.4, -0.2) is 5.91 Å². The SMILES string of the molecule is O=C1C(Nc2ccc(F)cc2)=C[C@H](c2ccccc2F)N1c1ccc(F)cc1. The van der Waals surface area contributed by atoms with Crippen LogP contribution in [0.1, 0.15) is 11.6 Å². The second kappa shape index (κ2) is 7.23. The maximum Gasteiger partial charge on any atom is 0.275 e. The summed E-state index contributed by atoms with van der Waals surface area (Å²) in [5, 5.41) is 2.95. The maximum atomic E-state index is 14.4. The molecule has 1 heterocycles. The van der Waals surface area contributed by atoms with Crippen LogP contribution in [0.25, 0.3) is 0 Å². The fraction of sp³-hybridized carbons (Fsp3) is 0.0455. The Kier molecular flexibility index (Phi) is 4.61. The quantitative estimate of drug-likeness (QED) is 0.676. The maximum absolute atomic E-state index is 14.4. The molecule has 1 atom stereocenters. The minimum atomic E-state index is -0.706. The molecule has 28 heavy (non-hydrogen) atoms. The van der Waals surface area contributed by atoms with Gasteiger partial charge >= 0.3 is 0 Å². The van der Waals surface area contributed by atoms with Crippen molar-refractivity contribution in [3.8, 4) is 0 Å². The molecule has 0 fully saturated rings. The van der Waals surface area contributed by atoms with Crippen LogP contribution in [0.3, 0.4) is 0 Å². The smallest absolute Gasteiger partial charge is 0.275 e. The van der Waals surface area contributed by atoms with Crippen molar-refractivity contribution in [3.63, 3.8) is 0 Å². The van der Waals surface area contributed by atoms with Gasteiger partial charge in [0.2, 0.25) is 0 Å². The van der Waals surface area contributed by atoms with Gasteiger partial charge in [-0.25, -0.2) is 13.2 Å². The van der Waals surface area contributed by atoms with Gasteiger partial charge in [-0.05, 0) is 60.7 Å². The highest BCUT2D eigenvalue weighted by Crippen LogP contribution is 2.37. The zero-order valence-electron chi connectivity index (χ0n) is 14.6. The number of nitrogens with zero attached hydrogens (tertiary/aromatic N) is 1. The molecule has 3 aromatic carbocycles. The van der Waals surface area contributed by atoms with Gasteiger partial charge in [0.1, 0.15) is 23.1 Å².